The van der Waals surface area contributed by atoms with Gasteiger partial charge in [-0.25, -0.2) is 0 Å². The fourth-order valence-corrected chi connectivity index (χ4v) is 3.49. The predicted octanol–water partition coefficient (Wildman–Crippen LogP) is 6.11. The van der Waals surface area contributed by atoms with Crippen molar-refractivity contribution in [2.75, 3.05) is 0 Å². The summed E-state index contributed by atoms with van der Waals surface area (Å²) in [6, 6.07) is 10.9. The molecular formula is C21H37N. The lowest BCUT2D eigenvalue weighted by molar-refractivity contribution is 0.229. The summed E-state index contributed by atoms with van der Waals surface area (Å²) in [6.45, 7) is 6.78. The molecule has 1 unspecified atom stereocenters. The van der Waals surface area contributed by atoms with Crippen molar-refractivity contribution in [1.29, 1.82) is 0 Å². The second-order valence-electron chi connectivity index (χ2n) is 6.88. The first kappa shape index (κ1) is 19.2. The highest BCUT2D eigenvalue weighted by atomic mass is 14.7. The van der Waals surface area contributed by atoms with E-state index in [1.807, 2.05) is 0 Å². The summed E-state index contributed by atoms with van der Waals surface area (Å²) in [4.78, 5) is 0. The van der Waals surface area contributed by atoms with Crippen LogP contribution < -0.4 is 5.73 Å². The van der Waals surface area contributed by atoms with Crippen molar-refractivity contribution in [1.82, 2.24) is 0 Å². The third kappa shape index (κ3) is 6.52. The van der Waals surface area contributed by atoms with E-state index < -0.39 is 0 Å². The minimum absolute atomic E-state index is 0.000734. The van der Waals surface area contributed by atoms with Crippen molar-refractivity contribution in [2.45, 2.75) is 90.5 Å². The Morgan fingerprint density at radius 2 is 1.45 bits per heavy atom. The Labute approximate surface area is 138 Å². The standard InChI is InChI=1S/C21H37N/c1-4-7-8-9-10-14-17-20(21(22,5-2)6-3)18-19-15-12-11-13-16-19/h11-13,15-16,20H,4-10,14,17-18,22H2,1-3H3. The van der Waals surface area contributed by atoms with Gasteiger partial charge in [-0.3, -0.25) is 0 Å². The number of rotatable bonds is 12. The van der Waals surface area contributed by atoms with E-state index in [1.54, 1.807) is 0 Å². The number of unbranched alkanes of at least 4 members (excludes halogenated alkanes) is 5. The molecule has 0 spiro atoms. The first-order valence-corrected chi connectivity index (χ1v) is 9.49. The number of hydrogen-bond donors (Lipinski definition) is 1. The van der Waals surface area contributed by atoms with Crippen LogP contribution in [0.15, 0.2) is 30.3 Å². The molecule has 0 radical (unpaired) electrons. The van der Waals surface area contributed by atoms with E-state index in [0.29, 0.717) is 5.92 Å². The van der Waals surface area contributed by atoms with E-state index >= 15 is 0 Å². The highest BCUT2D eigenvalue weighted by Crippen LogP contribution is 2.30. The largest absolute Gasteiger partial charge is 0.325 e. The van der Waals surface area contributed by atoms with Crippen LogP contribution >= 0.6 is 0 Å². The van der Waals surface area contributed by atoms with Crippen LogP contribution in [0, 0.1) is 5.92 Å². The molecule has 0 heterocycles. The van der Waals surface area contributed by atoms with Crippen molar-refractivity contribution >= 4 is 0 Å². The number of nitrogens with two attached hydrogens (primary N) is 1. The molecule has 1 aromatic carbocycles. The molecule has 0 aliphatic carbocycles. The molecule has 1 rings (SSSR count). The summed E-state index contributed by atoms with van der Waals surface area (Å²) in [7, 11) is 0. The van der Waals surface area contributed by atoms with Gasteiger partial charge in [0.25, 0.3) is 0 Å². The average Bonchev–Trinajstić information content (AvgIpc) is 2.57. The van der Waals surface area contributed by atoms with E-state index in [4.69, 9.17) is 5.73 Å². The normalized spacial score (nSPS) is 13.3. The summed E-state index contributed by atoms with van der Waals surface area (Å²) in [5.41, 5.74) is 8.19. The lowest BCUT2D eigenvalue weighted by atomic mass is 9.74. The summed E-state index contributed by atoms with van der Waals surface area (Å²) < 4.78 is 0. The lowest BCUT2D eigenvalue weighted by Crippen LogP contribution is -2.47. The first-order chi connectivity index (χ1) is 10.7. The Hall–Kier alpha value is -0.820. The smallest absolute Gasteiger partial charge is 0.0180 e. The highest BCUT2D eigenvalue weighted by molar-refractivity contribution is 5.16. The summed E-state index contributed by atoms with van der Waals surface area (Å²) in [5, 5.41) is 0. The van der Waals surface area contributed by atoms with Gasteiger partial charge in [0.15, 0.2) is 0 Å². The average molecular weight is 304 g/mol. The zero-order valence-electron chi connectivity index (χ0n) is 15.1. The quantitative estimate of drug-likeness (QED) is 0.463. The third-order valence-electron chi connectivity index (χ3n) is 5.36. The van der Waals surface area contributed by atoms with Gasteiger partial charge in [0.1, 0.15) is 0 Å². The van der Waals surface area contributed by atoms with Crippen molar-refractivity contribution in [3.05, 3.63) is 35.9 Å². The van der Waals surface area contributed by atoms with Crippen LogP contribution in [-0.4, -0.2) is 5.54 Å². The van der Waals surface area contributed by atoms with Crippen molar-refractivity contribution < 1.29 is 0 Å². The second kappa shape index (κ2) is 10.8. The monoisotopic (exact) mass is 303 g/mol. The van der Waals surface area contributed by atoms with Crippen molar-refractivity contribution in [3.8, 4) is 0 Å². The Morgan fingerprint density at radius 1 is 0.864 bits per heavy atom. The molecule has 0 aliphatic heterocycles. The van der Waals surface area contributed by atoms with E-state index in [1.165, 1.54) is 50.5 Å². The zero-order valence-corrected chi connectivity index (χ0v) is 15.1. The van der Waals surface area contributed by atoms with Crippen LogP contribution in [0.2, 0.25) is 0 Å². The summed E-state index contributed by atoms with van der Waals surface area (Å²) >= 11 is 0. The molecule has 126 valence electrons. The molecule has 0 saturated heterocycles. The minimum Gasteiger partial charge on any atom is -0.325 e. The molecule has 1 aromatic rings. The molecule has 0 aromatic heterocycles. The van der Waals surface area contributed by atoms with Gasteiger partial charge in [0, 0.05) is 5.54 Å². The van der Waals surface area contributed by atoms with E-state index in [2.05, 4.69) is 51.1 Å². The van der Waals surface area contributed by atoms with Gasteiger partial charge in [-0.15, -0.1) is 0 Å². The molecule has 0 amide bonds. The van der Waals surface area contributed by atoms with Crippen LogP contribution in [0.4, 0.5) is 0 Å². The molecule has 0 aliphatic rings. The summed E-state index contributed by atoms with van der Waals surface area (Å²) in [6.07, 6.45) is 12.8. The van der Waals surface area contributed by atoms with Gasteiger partial charge >= 0.3 is 0 Å². The molecule has 2 N–H and O–H groups in total. The maximum atomic E-state index is 6.75. The molecule has 1 atom stereocenters. The number of benzene rings is 1. The fraction of sp³-hybridized carbons (Fsp3) is 0.714. The van der Waals surface area contributed by atoms with E-state index in [9.17, 15) is 0 Å². The molecule has 0 bridgehead atoms. The molecule has 1 nitrogen and oxygen atoms in total. The lowest BCUT2D eigenvalue weighted by Gasteiger charge is -2.36. The molecule has 1 heteroatoms. The van der Waals surface area contributed by atoms with E-state index in [-0.39, 0.29) is 5.54 Å². The SMILES string of the molecule is CCCCCCCCC(Cc1ccccc1)C(N)(CC)CC. The van der Waals surface area contributed by atoms with Crippen molar-refractivity contribution in [3.63, 3.8) is 0 Å². The first-order valence-electron chi connectivity index (χ1n) is 9.49. The minimum atomic E-state index is -0.000734. The summed E-state index contributed by atoms with van der Waals surface area (Å²) in [5.74, 6) is 0.607. The Balaban J connectivity index is 2.55. The molecule has 22 heavy (non-hydrogen) atoms. The molecular weight excluding hydrogens is 266 g/mol. The van der Waals surface area contributed by atoms with Gasteiger partial charge in [-0.1, -0.05) is 89.6 Å². The Bertz CT molecular complexity index is 367. The van der Waals surface area contributed by atoms with Gasteiger partial charge in [0.2, 0.25) is 0 Å². The molecule has 0 saturated carbocycles. The maximum absolute atomic E-state index is 6.75. The van der Waals surface area contributed by atoms with Gasteiger partial charge in [-0.2, -0.15) is 0 Å². The van der Waals surface area contributed by atoms with Crippen LogP contribution in [0.3, 0.4) is 0 Å². The fourth-order valence-electron chi connectivity index (χ4n) is 3.49. The van der Waals surface area contributed by atoms with Crippen LogP contribution in [0.5, 0.6) is 0 Å². The van der Waals surface area contributed by atoms with Crippen LogP contribution in [0.1, 0.15) is 84.1 Å². The zero-order chi connectivity index (χ0) is 16.3. The second-order valence-corrected chi connectivity index (χ2v) is 6.88. The predicted molar refractivity (Wildman–Crippen MR) is 99.1 cm³/mol. The van der Waals surface area contributed by atoms with Crippen LogP contribution in [-0.2, 0) is 6.42 Å². The Kier molecular flexibility index (Phi) is 9.47. The highest BCUT2D eigenvalue weighted by Gasteiger charge is 2.30. The van der Waals surface area contributed by atoms with Gasteiger partial charge in [-0.05, 0) is 37.2 Å². The molecule has 0 fully saturated rings. The van der Waals surface area contributed by atoms with Crippen molar-refractivity contribution in [2.24, 2.45) is 11.7 Å². The van der Waals surface area contributed by atoms with E-state index in [0.717, 1.165) is 19.3 Å². The maximum Gasteiger partial charge on any atom is 0.0180 e. The third-order valence-corrected chi connectivity index (χ3v) is 5.36. The van der Waals surface area contributed by atoms with Crippen LogP contribution in [0.25, 0.3) is 0 Å². The number of hydrogen-bond acceptors (Lipinski definition) is 1. The topological polar surface area (TPSA) is 26.0 Å². The van der Waals surface area contributed by atoms with Gasteiger partial charge < -0.3 is 5.73 Å². The Morgan fingerprint density at radius 3 is 2.05 bits per heavy atom. The van der Waals surface area contributed by atoms with Gasteiger partial charge in [0.05, 0.1) is 0 Å².